The molecule has 15 heteroatoms. The van der Waals surface area contributed by atoms with Gasteiger partial charge in [0, 0.05) is 45.6 Å². The normalized spacial score (nSPS) is 25.6. The minimum absolute atomic E-state index is 0.0188. The van der Waals surface area contributed by atoms with Gasteiger partial charge in [0.25, 0.3) is 0 Å². The highest BCUT2D eigenvalue weighted by Gasteiger charge is 2.43. The number of rotatable bonds is 16. The number of hydrogen-bond donors (Lipinski definition) is 6. The van der Waals surface area contributed by atoms with Gasteiger partial charge in [0.05, 0.1) is 30.2 Å². The summed E-state index contributed by atoms with van der Waals surface area (Å²) in [5.74, 6) is -0.285. The predicted molar refractivity (Wildman–Crippen MR) is 248 cm³/mol. The van der Waals surface area contributed by atoms with Crippen molar-refractivity contribution in [2.24, 2.45) is 11.8 Å². The average Bonchev–Trinajstić information content (AvgIpc) is 4.18. The Bertz CT molecular complexity index is 2040. The molecule has 4 saturated heterocycles. The Kier molecular flexibility index (Phi) is 15.6. The van der Waals surface area contributed by atoms with Crippen LogP contribution in [0.15, 0.2) is 36.4 Å². The summed E-state index contributed by atoms with van der Waals surface area (Å²) < 4.78 is 11.2. The van der Waals surface area contributed by atoms with Gasteiger partial charge in [0.15, 0.2) is 0 Å². The highest BCUT2D eigenvalue weighted by molar-refractivity contribution is 5.94. The molecule has 4 aliphatic heterocycles. The van der Waals surface area contributed by atoms with E-state index < -0.39 is 18.1 Å². The number of amides is 5. The van der Waals surface area contributed by atoms with Crippen LogP contribution in [0.4, 0.5) is 0 Å². The SMILES string of the molecule is CN[C@@H](C)C(=O)N[C@H](C(=O)N1CCC[C@H]1C(=O)N[C@@H]1CCc2c(-c3cccc4c3CC[C@H]4NC(=O)[C@@H]3CCCN3C[C@@H](NC(=O)[C@H](C)NC)C3CCOCC3)cccc21)C1CCOCC1. The Balaban J connectivity index is 0.930. The van der Waals surface area contributed by atoms with E-state index in [4.69, 9.17) is 9.47 Å². The van der Waals surface area contributed by atoms with Crippen molar-refractivity contribution in [1.82, 2.24) is 41.7 Å². The highest BCUT2D eigenvalue weighted by atomic mass is 16.5. The third-order valence-corrected chi connectivity index (χ3v) is 15.5. The molecule has 354 valence electrons. The van der Waals surface area contributed by atoms with E-state index in [9.17, 15) is 24.0 Å². The maximum atomic E-state index is 14.3. The summed E-state index contributed by atoms with van der Waals surface area (Å²) in [5, 5.41) is 19.2. The van der Waals surface area contributed by atoms with Crippen LogP contribution in [-0.2, 0) is 46.3 Å². The van der Waals surface area contributed by atoms with E-state index >= 15 is 0 Å². The van der Waals surface area contributed by atoms with Gasteiger partial charge in [0.1, 0.15) is 12.1 Å². The lowest BCUT2D eigenvalue weighted by Crippen LogP contribution is -2.58. The first-order valence-electron chi connectivity index (χ1n) is 24.6. The monoisotopic (exact) mass is 897 g/mol. The molecule has 2 aromatic carbocycles. The first-order valence-corrected chi connectivity index (χ1v) is 24.6. The molecule has 6 N–H and O–H groups in total. The standard InChI is InChI=1S/C50H72N8O7/c1-30(51-3)46(59)55-42(32-19-25-64-26-20-32)29-57-23-7-13-43(57)48(61)53-40-17-15-36-34(9-5-11-38(36)40)35-10-6-12-39-37(35)16-18-41(39)54-49(62)44-14-8-24-58(44)50(63)45(33-21-27-65-28-22-33)56-47(60)31(2)52-4/h5-6,9-12,30-33,40-45,51-52H,7-8,13-29H2,1-4H3,(H,53,61)(H,54,62)(H,55,59)(H,56,60)/t30-,31-,40+,41+,42+,43-,44-,45-/m0/s1. The molecule has 0 radical (unpaired) electrons. The Morgan fingerprint density at radius 1 is 0.631 bits per heavy atom. The van der Waals surface area contributed by atoms with E-state index in [1.807, 2.05) is 6.92 Å². The van der Waals surface area contributed by atoms with Crippen molar-refractivity contribution in [3.63, 3.8) is 0 Å². The summed E-state index contributed by atoms with van der Waals surface area (Å²) in [6, 6.07) is 10.2. The van der Waals surface area contributed by atoms with E-state index in [0.29, 0.717) is 64.7 Å². The van der Waals surface area contributed by atoms with E-state index in [1.165, 1.54) is 22.3 Å². The molecular weight excluding hydrogens is 825 g/mol. The Labute approximate surface area is 384 Å². The van der Waals surface area contributed by atoms with Crippen LogP contribution in [0.2, 0.25) is 0 Å². The van der Waals surface area contributed by atoms with Crippen molar-refractivity contribution in [2.75, 3.05) is 60.2 Å². The molecule has 8 atom stereocenters. The first-order chi connectivity index (χ1) is 31.6. The smallest absolute Gasteiger partial charge is 0.246 e. The molecule has 6 aliphatic rings. The molecule has 5 amide bonds. The molecule has 0 aromatic heterocycles. The fourth-order valence-electron chi connectivity index (χ4n) is 11.4. The van der Waals surface area contributed by atoms with Crippen LogP contribution < -0.4 is 31.9 Å². The molecule has 2 aromatic rings. The Morgan fingerprint density at radius 2 is 1.14 bits per heavy atom. The quantitative estimate of drug-likeness (QED) is 0.147. The van der Waals surface area contributed by atoms with Crippen LogP contribution in [0.5, 0.6) is 0 Å². The number of hydrogen-bond acceptors (Lipinski definition) is 10. The number of nitrogens with zero attached hydrogens (tertiary/aromatic N) is 2. The second-order valence-corrected chi connectivity index (χ2v) is 19.3. The number of ether oxygens (including phenoxy) is 2. The van der Waals surface area contributed by atoms with E-state index in [1.54, 1.807) is 25.9 Å². The number of carbonyl (C=O) groups is 5. The van der Waals surface area contributed by atoms with Crippen LogP contribution in [0.1, 0.15) is 112 Å². The number of likely N-dealkylation sites (N-methyl/N-ethyl adjacent to an activating group) is 2. The molecule has 4 fully saturated rings. The fourth-order valence-corrected chi connectivity index (χ4v) is 11.4. The molecule has 2 aliphatic carbocycles. The minimum Gasteiger partial charge on any atom is -0.381 e. The van der Waals surface area contributed by atoms with Crippen LogP contribution >= 0.6 is 0 Å². The van der Waals surface area contributed by atoms with Crippen molar-refractivity contribution in [3.8, 4) is 11.1 Å². The van der Waals surface area contributed by atoms with Gasteiger partial charge >= 0.3 is 0 Å². The fraction of sp³-hybridized carbons (Fsp3) is 0.660. The van der Waals surface area contributed by atoms with Gasteiger partial charge in [-0.15, -0.1) is 0 Å². The molecule has 15 nitrogen and oxygen atoms in total. The summed E-state index contributed by atoms with van der Waals surface area (Å²) in [5.41, 5.74) is 7.11. The molecule has 0 spiro atoms. The predicted octanol–water partition coefficient (Wildman–Crippen LogP) is 3.05. The molecule has 4 heterocycles. The zero-order valence-corrected chi connectivity index (χ0v) is 38.9. The van der Waals surface area contributed by atoms with E-state index in [-0.39, 0.29) is 65.7 Å². The van der Waals surface area contributed by atoms with Crippen molar-refractivity contribution in [2.45, 2.75) is 139 Å². The van der Waals surface area contributed by atoms with E-state index in [2.05, 4.69) is 73.2 Å². The van der Waals surface area contributed by atoms with Crippen LogP contribution in [0.3, 0.4) is 0 Å². The third-order valence-electron chi connectivity index (χ3n) is 15.5. The van der Waals surface area contributed by atoms with Gasteiger partial charge in [-0.3, -0.25) is 28.9 Å². The van der Waals surface area contributed by atoms with Gasteiger partial charge in [-0.1, -0.05) is 36.4 Å². The summed E-state index contributed by atoms with van der Waals surface area (Å²) >= 11 is 0. The van der Waals surface area contributed by atoms with Crippen LogP contribution in [0.25, 0.3) is 11.1 Å². The Morgan fingerprint density at radius 3 is 1.71 bits per heavy atom. The lowest BCUT2D eigenvalue weighted by molar-refractivity contribution is -0.144. The first kappa shape index (κ1) is 47.1. The number of carbonyl (C=O) groups excluding carboxylic acids is 5. The largest absolute Gasteiger partial charge is 0.381 e. The minimum atomic E-state index is -0.712. The zero-order chi connectivity index (χ0) is 45.6. The van der Waals surface area contributed by atoms with Gasteiger partial charge < -0.3 is 46.3 Å². The van der Waals surface area contributed by atoms with Gasteiger partial charge in [-0.05, 0) is 157 Å². The van der Waals surface area contributed by atoms with Crippen LogP contribution in [-0.4, -0.2) is 136 Å². The lowest BCUT2D eigenvalue weighted by Gasteiger charge is -2.36. The van der Waals surface area contributed by atoms with Crippen molar-refractivity contribution in [3.05, 3.63) is 58.7 Å². The Hall–Kier alpha value is -4.41. The maximum Gasteiger partial charge on any atom is 0.246 e. The molecule has 8 rings (SSSR count). The van der Waals surface area contributed by atoms with Crippen molar-refractivity contribution >= 4 is 29.5 Å². The maximum absolute atomic E-state index is 14.3. The molecular formula is C50H72N8O7. The summed E-state index contributed by atoms with van der Waals surface area (Å²) in [6.45, 7) is 8.05. The number of nitrogens with one attached hydrogen (secondary N) is 6. The lowest BCUT2D eigenvalue weighted by atomic mass is 9.90. The number of likely N-dealkylation sites (tertiary alicyclic amines) is 2. The zero-order valence-electron chi connectivity index (χ0n) is 38.9. The van der Waals surface area contributed by atoms with E-state index in [0.717, 1.165) is 75.5 Å². The molecule has 0 bridgehead atoms. The third kappa shape index (κ3) is 10.4. The molecule has 0 unspecified atom stereocenters. The van der Waals surface area contributed by atoms with Crippen molar-refractivity contribution in [1.29, 1.82) is 0 Å². The molecule has 0 saturated carbocycles. The van der Waals surface area contributed by atoms with Gasteiger partial charge in [-0.25, -0.2) is 0 Å². The van der Waals surface area contributed by atoms with Crippen molar-refractivity contribution < 1.29 is 33.4 Å². The second-order valence-electron chi connectivity index (χ2n) is 19.3. The van der Waals surface area contributed by atoms with Gasteiger partial charge in [-0.2, -0.15) is 0 Å². The average molecular weight is 897 g/mol. The number of fused-ring (bicyclic) bond motifs is 2. The summed E-state index contributed by atoms with van der Waals surface area (Å²) in [7, 11) is 3.51. The highest BCUT2D eigenvalue weighted by Crippen LogP contribution is 2.43. The second kappa shape index (κ2) is 21.5. The topological polar surface area (TPSA) is 182 Å². The molecule has 65 heavy (non-hydrogen) atoms. The summed E-state index contributed by atoms with van der Waals surface area (Å²) in [6.07, 6.45) is 9.43. The van der Waals surface area contributed by atoms with Crippen LogP contribution in [0, 0.1) is 11.8 Å². The van der Waals surface area contributed by atoms with Gasteiger partial charge in [0.2, 0.25) is 29.5 Å². The summed E-state index contributed by atoms with van der Waals surface area (Å²) in [4.78, 5) is 72.7. The number of benzene rings is 2.